The van der Waals surface area contributed by atoms with Crippen molar-refractivity contribution in [2.75, 3.05) is 12.4 Å². The average molecular weight is 334 g/mol. The summed E-state index contributed by atoms with van der Waals surface area (Å²) in [6, 6.07) is 13.1. The number of benzene rings is 2. The Morgan fingerprint density at radius 2 is 2.05 bits per heavy atom. The van der Waals surface area contributed by atoms with Crippen LogP contribution in [0.15, 0.2) is 46.9 Å². The van der Waals surface area contributed by atoms with Gasteiger partial charge in [-0.25, -0.2) is 0 Å². The highest BCUT2D eigenvalue weighted by Crippen LogP contribution is 2.20. The summed E-state index contributed by atoms with van der Waals surface area (Å²) in [5.41, 5.74) is 3.47. The molecule has 20 heavy (non-hydrogen) atoms. The number of carbonyl (C=O) groups excluding carboxylic acids is 1. The van der Waals surface area contributed by atoms with E-state index in [1.165, 1.54) is 0 Å². The maximum absolute atomic E-state index is 12.2. The van der Waals surface area contributed by atoms with Gasteiger partial charge in [-0.1, -0.05) is 28.1 Å². The van der Waals surface area contributed by atoms with Crippen molar-refractivity contribution in [3.8, 4) is 0 Å². The molecule has 2 aromatic rings. The SMILES string of the molecule is COCc1cccc(C(=O)Nc2ccc(Br)c(C)c2)c1. The van der Waals surface area contributed by atoms with E-state index >= 15 is 0 Å². The molecule has 104 valence electrons. The number of hydrogen-bond acceptors (Lipinski definition) is 2. The summed E-state index contributed by atoms with van der Waals surface area (Å²) in [7, 11) is 1.64. The molecule has 0 fully saturated rings. The van der Waals surface area contributed by atoms with Gasteiger partial charge in [0.15, 0.2) is 0 Å². The van der Waals surface area contributed by atoms with Crippen molar-refractivity contribution < 1.29 is 9.53 Å². The molecule has 0 spiro atoms. The molecule has 1 N–H and O–H groups in total. The lowest BCUT2D eigenvalue weighted by molar-refractivity contribution is 0.102. The Morgan fingerprint density at radius 1 is 1.25 bits per heavy atom. The maximum Gasteiger partial charge on any atom is 0.255 e. The molecule has 1 amide bonds. The van der Waals surface area contributed by atoms with E-state index in [9.17, 15) is 4.79 Å². The van der Waals surface area contributed by atoms with Gasteiger partial charge in [0, 0.05) is 22.8 Å². The summed E-state index contributed by atoms with van der Waals surface area (Å²) in [6.07, 6.45) is 0. The number of hydrogen-bond donors (Lipinski definition) is 1. The number of amides is 1. The molecule has 0 saturated heterocycles. The Balaban J connectivity index is 2.15. The Kier molecular flexibility index (Phi) is 4.93. The lowest BCUT2D eigenvalue weighted by Gasteiger charge is -2.08. The van der Waals surface area contributed by atoms with Gasteiger partial charge in [-0.05, 0) is 48.4 Å². The Hall–Kier alpha value is -1.65. The summed E-state index contributed by atoms with van der Waals surface area (Å²) < 4.78 is 6.10. The number of rotatable bonds is 4. The molecule has 0 aliphatic rings. The zero-order valence-corrected chi connectivity index (χ0v) is 13.0. The van der Waals surface area contributed by atoms with Crippen molar-refractivity contribution in [3.05, 3.63) is 63.6 Å². The van der Waals surface area contributed by atoms with Crippen LogP contribution in [0.25, 0.3) is 0 Å². The molecular weight excluding hydrogens is 318 g/mol. The predicted octanol–water partition coefficient (Wildman–Crippen LogP) is 4.16. The van der Waals surface area contributed by atoms with Crippen LogP contribution in [0.2, 0.25) is 0 Å². The van der Waals surface area contributed by atoms with Crippen molar-refractivity contribution in [2.24, 2.45) is 0 Å². The maximum atomic E-state index is 12.2. The van der Waals surface area contributed by atoms with E-state index in [1.54, 1.807) is 13.2 Å². The van der Waals surface area contributed by atoms with Crippen molar-refractivity contribution in [1.29, 1.82) is 0 Å². The summed E-state index contributed by atoms with van der Waals surface area (Å²) in [5.74, 6) is -0.121. The van der Waals surface area contributed by atoms with E-state index in [2.05, 4.69) is 21.2 Å². The Morgan fingerprint density at radius 3 is 2.75 bits per heavy atom. The fourth-order valence-electron chi connectivity index (χ4n) is 1.89. The van der Waals surface area contributed by atoms with Crippen LogP contribution in [0.3, 0.4) is 0 Å². The number of carbonyl (C=O) groups is 1. The molecule has 0 aromatic heterocycles. The van der Waals surface area contributed by atoms with Gasteiger partial charge in [0.2, 0.25) is 0 Å². The molecule has 0 aliphatic heterocycles. The van der Waals surface area contributed by atoms with Crippen LogP contribution < -0.4 is 5.32 Å². The molecule has 0 heterocycles. The first-order valence-corrected chi connectivity index (χ1v) is 7.05. The highest BCUT2D eigenvalue weighted by molar-refractivity contribution is 9.10. The minimum Gasteiger partial charge on any atom is -0.380 e. The number of ether oxygens (including phenoxy) is 1. The van der Waals surface area contributed by atoms with Gasteiger partial charge in [0.25, 0.3) is 5.91 Å². The second-order valence-corrected chi connectivity index (χ2v) is 5.41. The molecule has 2 aromatic carbocycles. The molecule has 0 unspecified atom stereocenters. The Bertz CT molecular complexity index is 626. The third-order valence-electron chi connectivity index (χ3n) is 2.92. The molecule has 0 atom stereocenters. The molecule has 0 bridgehead atoms. The number of aryl methyl sites for hydroxylation is 1. The van der Waals surface area contributed by atoms with E-state index in [1.807, 2.05) is 43.3 Å². The topological polar surface area (TPSA) is 38.3 Å². The number of halogens is 1. The zero-order valence-electron chi connectivity index (χ0n) is 11.4. The molecular formula is C16H16BrNO2. The van der Waals surface area contributed by atoms with Crippen molar-refractivity contribution in [1.82, 2.24) is 0 Å². The van der Waals surface area contributed by atoms with E-state index < -0.39 is 0 Å². The first kappa shape index (κ1) is 14.8. The van der Waals surface area contributed by atoms with Gasteiger partial charge < -0.3 is 10.1 Å². The molecule has 4 heteroatoms. The molecule has 3 nitrogen and oxygen atoms in total. The van der Waals surface area contributed by atoms with Crippen molar-refractivity contribution in [3.63, 3.8) is 0 Å². The van der Waals surface area contributed by atoms with Gasteiger partial charge >= 0.3 is 0 Å². The van der Waals surface area contributed by atoms with Crippen LogP contribution in [-0.2, 0) is 11.3 Å². The molecule has 0 radical (unpaired) electrons. The highest BCUT2D eigenvalue weighted by Gasteiger charge is 2.07. The summed E-state index contributed by atoms with van der Waals surface area (Å²) in [6.45, 7) is 2.48. The van der Waals surface area contributed by atoms with Crippen LogP contribution in [0.4, 0.5) is 5.69 Å². The van der Waals surface area contributed by atoms with E-state index in [0.717, 1.165) is 21.3 Å². The lowest BCUT2D eigenvalue weighted by atomic mass is 10.1. The predicted molar refractivity (Wildman–Crippen MR) is 84.0 cm³/mol. The van der Waals surface area contributed by atoms with Crippen LogP contribution in [0, 0.1) is 6.92 Å². The van der Waals surface area contributed by atoms with Gasteiger partial charge in [-0.2, -0.15) is 0 Å². The van der Waals surface area contributed by atoms with E-state index in [4.69, 9.17) is 4.74 Å². The van der Waals surface area contributed by atoms with E-state index in [0.29, 0.717) is 12.2 Å². The zero-order chi connectivity index (χ0) is 14.5. The van der Waals surface area contributed by atoms with Crippen LogP contribution in [0.1, 0.15) is 21.5 Å². The van der Waals surface area contributed by atoms with E-state index in [-0.39, 0.29) is 5.91 Å². The third kappa shape index (κ3) is 3.68. The van der Waals surface area contributed by atoms with Gasteiger partial charge in [-0.15, -0.1) is 0 Å². The average Bonchev–Trinajstić information content (AvgIpc) is 2.43. The van der Waals surface area contributed by atoms with Crippen LogP contribution in [-0.4, -0.2) is 13.0 Å². The summed E-state index contributed by atoms with van der Waals surface area (Å²) in [4.78, 5) is 12.2. The standard InChI is InChI=1S/C16H16BrNO2/c1-11-8-14(6-7-15(11)17)18-16(19)13-5-3-4-12(9-13)10-20-2/h3-9H,10H2,1-2H3,(H,18,19). The van der Waals surface area contributed by atoms with Gasteiger partial charge in [-0.3, -0.25) is 4.79 Å². The van der Waals surface area contributed by atoms with Crippen LogP contribution >= 0.6 is 15.9 Å². The number of nitrogens with one attached hydrogen (secondary N) is 1. The van der Waals surface area contributed by atoms with Gasteiger partial charge in [0.05, 0.1) is 6.61 Å². The first-order valence-electron chi connectivity index (χ1n) is 6.25. The van der Waals surface area contributed by atoms with Crippen molar-refractivity contribution >= 4 is 27.5 Å². The first-order chi connectivity index (χ1) is 9.60. The number of methoxy groups -OCH3 is 1. The lowest BCUT2D eigenvalue weighted by Crippen LogP contribution is -2.12. The second-order valence-electron chi connectivity index (χ2n) is 4.55. The Labute approximate surface area is 127 Å². The molecule has 0 aliphatic carbocycles. The largest absolute Gasteiger partial charge is 0.380 e. The summed E-state index contributed by atoms with van der Waals surface area (Å²) in [5, 5.41) is 2.89. The molecule has 2 rings (SSSR count). The monoisotopic (exact) mass is 333 g/mol. The summed E-state index contributed by atoms with van der Waals surface area (Å²) >= 11 is 3.44. The third-order valence-corrected chi connectivity index (χ3v) is 3.81. The minimum absolute atomic E-state index is 0.121. The second kappa shape index (κ2) is 6.68. The quantitative estimate of drug-likeness (QED) is 0.912. The van der Waals surface area contributed by atoms with Gasteiger partial charge in [0.1, 0.15) is 0 Å². The van der Waals surface area contributed by atoms with Crippen LogP contribution in [0.5, 0.6) is 0 Å². The number of anilines is 1. The molecule has 0 saturated carbocycles. The normalized spacial score (nSPS) is 10.3. The highest BCUT2D eigenvalue weighted by atomic mass is 79.9. The fourth-order valence-corrected chi connectivity index (χ4v) is 2.14. The minimum atomic E-state index is -0.121. The fraction of sp³-hybridized carbons (Fsp3) is 0.188. The smallest absolute Gasteiger partial charge is 0.255 e. The van der Waals surface area contributed by atoms with Crippen molar-refractivity contribution in [2.45, 2.75) is 13.5 Å².